The number of hydrogen-bond donors (Lipinski definition) is 0. The molecule has 0 spiro atoms. The minimum Gasteiger partial charge on any atom is -0.487 e. The standard InChI is InChI=1S/C14H14ClNO/c1-10-4-3-5-11(2)13(10)9-17-12-6-7-14(15)16-8-12/h3-8H,9H2,1-2H3. The monoisotopic (exact) mass is 247 g/mol. The highest BCUT2D eigenvalue weighted by Gasteiger charge is 2.03. The van der Waals surface area contributed by atoms with Gasteiger partial charge in [-0.2, -0.15) is 0 Å². The highest BCUT2D eigenvalue weighted by atomic mass is 35.5. The molecule has 0 unspecified atom stereocenters. The third kappa shape index (κ3) is 2.98. The van der Waals surface area contributed by atoms with Gasteiger partial charge in [-0.15, -0.1) is 0 Å². The summed E-state index contributed by atoms with van der Waals surface area (Å²) in [5.41, 5.74) is 3.71. The van der Waals surface area contributed by atoms with Gasteiger partial charge in [-0.05, 0) is 42.7 Å². The summed E-state index contributed by atoms with van der Waals surface area (Å²) in [7, 11) is 0. The van der Waals surface area contributed by atoms with E-state index in [4.69, 9.17) is 16.3 Å². The number of aromatic nitrogens is 1. The normalized spacial score (nSPS) is 10.3. The summed E-state index contributed by atoms with van der Waals surface area (Å²) in [6, 6.07) is 9.78. The maximum atomic E-state index is 5.71. The average Bonchev–Trinajstić information content (AvgIpc) is 2.31. The van der Waals surface area contributed by atoms with Crippen molar-refractivity contribution < 1.29 is 4.74 Å². The van der Waals surface area contributed by atoms with Gasteiger partial charge in [-0.3, -0.25) is 0 Å². The lowest BCUT2D eigenvalue weighted by atomic mass is 10.0. The lowest BCUT2D eigenvalue weighted by Crippen LogP contribution is -2.00. The van der Waals surface area contributed by atoms with Gasteiger partial charge in [-0.25, -0.2) is 4.98 Å². The number of ether oxygens (including phenoxy) is 1. The van der Waals surface area contributed by atoms with Crippen molar-refractivity contribution in [3.8, 4) is 5.75 Å². The molecule has 1 aromatic heterocycles. The number of rotatable bonds is 3. The summed E-state index contributed by atoms with van der Waals surface area (Å²) in [5, 5.41) is 0.476. The third-order valence-electron chi connectivity index (χ3n) is 2.73. The fourth-order valence-corrected chi connectivity index (χ4v) is 1.79. The Kier molecular flexibility index (Phi) is 3.64. The predicted molar refractivity (Wildman–Crippen MR) is 69.5 cm³/mol. The fraction of sp³-hybridized carbons (Fsp3) is 0.214. The van der Waals surface area contributed by atoms with Crippen LogP contribution in [0.25, 0.3) is 0 Å². The number of hydrogen-bond acceptors (Lipinski definition) is 2. The van der Waals surface area contributed by atoms with Crippen LogP contribution in [0.15, 0.2) is 36.5 Å². The molecule has 3 heteroatoms. The summed E-state index contributed by atoms with van der Waals surface area (Å²) in [6.07, 6.45) is 1.63. The van der Waals surface area contributed by atoms with Gasteiger partial charge in [0, 0.05) is 0 Å². The topological polar surface area (TPSA) is 22.1 Å². The fourth-order valence-electron chi connectivity index (χ4n) is 1.68. The van der Waals surface area contributed by atoms with Gasteiger partial charge in [0.25, 0.3) is 0 Å². The largest absolute Gasteiger partial charge is 0.487 e. The second-order valence-corrected chi connectivity index (χ2v) is 4.36. The molecule has 0 aliphatic carbocycles. The Morgan fingerprint density at radius 1 is 1.12 bits per heavy atom. The van der Waals surface area contributed by atoms with E-state index in [-0.39, 0.29) is 0 Å². The van der Waals surface area contributed by atoms with E-state index >= 15 is 0 Å². The first-order chi connectivity index (χ1) is 8.16. The van der Waals surface area contributed by atoms with E-state index in [2.05, 4.69) is 37.0 Å². The van der Waals surface area contributed by atoms with Gasteiger partial charge in [0.05, 0.1) is 6.20 Å². The predicted octanol–water partition coefficient (Wildman–Crippen LogP) is 3.93. The molecule has 0 fully saturated rings. The molecule has 0 saturated carbocycles. The van der Waals surface area contributed by atoms with Crippen molar-refractivity contribution in [2.45, 2.75) is 20.5 Å². The van der Waals surface area contributed by atoms with E-state index in [1.54, 1.807) is 12.3 Å². The van der Waals surface area contributed by atoms with Crippen LogP contribution in [0.1, 0.15) is 16.7 Å². The average molecular weight is 248 g/mol. The smallest absolute Gasteiger partial charge is 0.138 e. The summed E-state index contributed by atoms with van der Waals surface area (Å²) in [6.45, 7) is 4.74. The van der Waals surface area contributed by atoms with E-state index < -0.39 is 0 Å². The van der Waals surface area contributed by atoms with Crippen molar-refractivity contribution >= 4 is 11.6 Å². The highest BCUT2D eigenvalue weighted by molar-refractivity contribution is 6.29. The number of nitrogens with zero attached hydrogens (tertiary/aromatic N) is 1. The number of benzene rings is 1. The molecule has 2 nitrogen and oxygen atoms in total. The van der Waals surface area contributed by atoms with Crippen molar-refractivity contribution in [3.63, 3.8) is 0 Å². The molecule has 0 atom stereocenters. The zero-order chi connectivity index (χ0) is 12.3. The number of pyridine rings is 1. The van der Waals surface area contributed by atoms with Crippen molar-refractivity contribution in [1.82, 2.24) is 4.98 Å². The second-order valence-electron chi connectivity index (χ2n) is 3.98. The zero-order valence-electron chi connectivity index (χ0n) is 9.90. The van der Waals surface area contributed by atoms with E-state index in [1.807, 2.05) is 6.07 Å². The zero-order valence-corrected chi connectivity index (χ0v) is 10.7. The van der Waals surface area contributed by atoms with Crippen molar-refractivity contribution in [3.05, 3.63) is 58.4 Å². The van der Waals surface area contributed by atoms with Crippen LogP contribution in [0.4, 0.5) is 0 Å². The SMILES string of the molecule is Cc1cccc(C)c1COc1ccc(Cl)nc1. The molecule has 0 amide bonds. The Morgan fingerprint density at radius 3 is 2.41 bits per heavy atom. The Hall–Kier alpha value is -1.54. The molecule has 0 radical (unpaired) electrons. The van der Waals surface area contributed by atoms with Crippen molar-refractivity contribution in [2.24, 2.45) is 0 Å². The summed E-state index contributed by atoms with van der Waals surface area (Å²) in [4.78, 5) is 3.98. The molecule has 0 bridgehead atoms. The van der Waals surface area contributed by atoms with Crippen LogP contribution in [-0.4, -0.2) is 4.98 Å². The van der Waals surface area contributed by atoms with Crippen molar-refractivity contribution in [2.75, 3.05) is 0 Å². The van der Waals surface area contributed by atoms with E-state index in [0.29, 0.717) is 11.8 Å². The quantitative estimate of drug-likeness (QED) is 0.767. The van der Waals surface area contributed by atoms with Gasteiger partial charge >= 0.3 is 0 Å². The van der Waals surface area contributed by atoms with Gasteiger partial charge in [-0.1, -0.05) is 29.8 Å². The molecule has 0 N–H and O–H groups in total. The Balaban J connectivity index is 2.10. The Labute approximate surface area is 106 Å². The third-order valence-corrected chi connectivity index (χ3v) is 2.95. The Bertz CT molecular complexity index is 488. The molecule has 17 heavy (non-hydrogen) atoms. The van der Waals surface area contributed by atoms with Crippen LogP contribution >= 0.6 is 11.6 Å². The van der Waals surface area contributed by atoms with Crippen LogP contribution in [0.3, 0.4) is 0 Å². The lowest BCUT2D eigenvalue weighted by molar-refractivity contribution is 0.303. The number of aryl methyl sites for hydroxylation is 2. The highest BCUT2D eigenvalue weighted by Crippen LogP contribution is 2.18. The molecule has 2 rings (SSSR count). The molecule has 0 saturated heterocycles. The van der Waals surface area contributed by atoms with E-state index in [0.717, 1.165) is 5.75 Å². The molecule has 88 valence electrons. The minimum atomic E-state index is 0.476. The maximum absolute atomic E-state index is 5.71. The molecular weight excluding hydrogens is 234 g/mol. The van der Waals surface area contributed by atoms with Crippen molar-refractivity contribution in [1.29, 1.82) is 0 Å². The molecule has 1 heterocycles. The van der Waals surface area contributed by atoms with Gasteiger partial charge < -0.3 is 4.74 Å². The van der Waals surface area contributed by atoms with Crippen LogP contribution < -0.4 is 4.74 Å². The first-order valence-corrected chi connectivity index (χ1v) is 5.84. The van der Waals surface area contributed by atoms with Crippen LogP contribution in [0, 0.1) is 13.8 Å². The lowest BCUT2D eigenvalue weighted by Gasteiger charge is -2.11. The van der Waals surface area contributed by atoms with E-state index in [9.17, 15) is 0 Å². The van der Waals surface area contributed by atoms with Gasteiger partial charge in [0.1, 0.15) is 17.5 Å². The number of halogens is 1. The molecule has 1 aromatic carbocycles. The molecular formula is C14H14ClNO. The van der Waals surface area contributed by atoms with E-state index in [1.165, 1.54) is 16.7 Å². The summed E-state index contributed by atoms with van der Waals surface area (Å²) < 4.78 is 5.69. The molecule has 0 aliphatic heterocycles. The maximum Gasteiger partial charge on any atom is 0.138 e. The Morgan fingerprint density at radius 2 is 1.82 bits per heavy atom. The van der Waals surface area contributed by atoms with Gasteiger partial charge in [0.15, 0.2) is 0 Å². The van der Waals surface area contributed by atoms with Crippen LogP contribution in [0.2, 0.25) is 5.15 Å². The first-order valence-electron chi connectivity index (χ1n) is 5.46. The second kappa shape index (κ2) is 5.19. The molecule has 0 aliphatic rings. The molecule has 2 aromatic rings. The minimum absolute atomic E-state index is 0.476. The summed E-state index contributed by atoms with van der Waals surface area (Å²) >= 11 is 5.71. The first kappa shape index (κ1) is 11.9. The van der Waals surface area contributed by atoms with Gasteiger partial charge in [0.2, 0.25) is 0 Å². The van der Waals surface area contributed by atoms with Crippen LogP contribution in [-0.2, 0) is 6.61 Å². The summed E-state index contributed by atoms with van der Waals surface area (Å²) in [5.74, 6) is 0.733. The van der Waals surface area contributed by atoms with Crippen LogP contribution in [0.5, 0.6) is 5.75 Å².